The molecule has 4 N–H and O–H groups in total. The van der Waals surface area contributed by atoms with Crippen molar-refractivity contribution in [3.05, 3.63) is 35.1 Å². The van der Waals surface area contributed by atoms with Crippen LogP contribution in [0.4, 0.5) is 23.0 Å². The molecule has 0 bridgehead atoms. The zero-order valence-electron chi connectivity index (χ0n) is 10.7. The monoisotopic (exact) mass is 322 g/mol. The number of nitrogens with two attached hydrogens (primary N) is 1. The third-order valence-corrected chi connectivity index (χ3v) is 3.03. The summed E-state index contributed by atoms with van der Waals surface area (Å²) in [7, 11) is 3.73. The molecule has 0 amide bonds. The first-order valence-corrected chi connectivity index (χ1v) is 6.43. The maximum Gasteiger partial charge on any atom is 0.169 e. The Bertz CT molecular complexity index is 572. The largest absolute Gasteiger partial charge is 0.393 e. The lowest BCUT2D eigenvalue weighted by atomic mass is 10.3. The van der Waals surface area contributed by atoms with Crippen molar-refractivity contribution in [1.29, 1.82) is 0 Å². The zero-order valence-corrected chi connectivity index (χ0v) is 12.3. The number of halogens is 1. The highest BCUT2D eigenvalue weighted by Crippen LogP contribution is 2.29. The van der Waals surface area contributed by atoms with Crippen LogP contribution in [0.15, 0.2) is 35.1 Å². The van der Waals surface area contributed by atoms with E-state index in [1.807, 2.05) is 38.4 Å². The summed E-state index contributed by atoms with van der Waals surface area (Å²) in [5.74, 6) is 1.13. The van der Waals surface area contributed by atoms with E-state index in [-0.39, 0.29) is 0 Å². The standard InChI is InChI=1S/C12H15BrN6/c1-19(2)18-12-10(14)11(15-7-16-12)17-9-6-4-3-5-8(9)13/h3-7H,14H2,1-2H3,(H2,15,16,17,18). The molecule has 0 aliphatic rings. The molecule has 0 aliphatic carbocycles. The summed E-state index contributed by atoms with van der Waals surface area (Å²) in [5.41, 5.74) is 10.4. The molecular formula is C12H15BrN6. The van der Waals surface area contributed by atoms with Crippen LogP contribution in [0.25, 0.3) is 0 Å². The van der Waals surface area contributed by atoms with Gasteiger partial charge in [0.25, 0.3) is 0 Å². The fourth-order valence-corrected chi connectivity index (χ4v) is 1.87. The molecule has 0 atom stereocenters. The normalized spacial score (nSPS) is 10.5. The molecule has 100 valence electrons. The molecule has 0 spiro atoms. The molecule has 7 heteroatoms. The first kappa shape index (κ1) is 13.6. The van der Waals surface area contributed by atoms with Gasteiger partial charge in [-0.15, -0.1) is 0 Å². The average Bonchev–Trinajstić information content (AvgIpc) is 2.36. The van der Waals surface area contributed by atoms with Crippen molar-refractivity contribution in [2.24, 2.45) is 0 Å². The van der Waals surface area contributed by atoms with Gasteiger partial charge in [0.1, 0.15) is 12.0 Å². The smallest absolute Gasteiger partial charge is 0.169 e. The Morgan fingerprint density at radius 2 is 1.84 bits per heavy atom. The van der Waals surface area contributed by atoms with Crippen LogP contribution in [0.2, 0.25) is 0 Å². The number of hydrogen-bond acceptors (Lipinski definition) is 6. The summed E-state index contributed by atoms with van der Waals surface area (Å²) < 4.78 is 0.940. The zero-order chi connectivity index (χ0) is 13.8. The molecule has 0 saturated heterocycles. The second-order valence-corrected chi connectivity index (χ2v) is 4.95. The SMILES string of the molecule is CN(C)Nc1ncnc(Nc2ccccc2Br)c1N. The van der Waals surface area contributed by atoms with Gasteiger partial charge in [-0.2, -0.15) is 0 Å². The Balaban J connectivity index is 2.28. The van der Waals surface area contributed by atoms with E-state index in [9.17, 15) is 0 Å². The van der Waals surface area contributed by atoms with Crippen LogP contribution in [0.1, 0.15) is 0 Å². The third-order valence-electron chi connectivity index (χ3n) is 2.34. The highest BCUT2D eigenvalue weighted by molar-refractivity contribution is 9.10. The number of aromatic nitrogens is 2. The average molecular weight is 323 g/mol. The lowest BCUT2D eigenvalue weighted by Gasteiger charge is -2.16. The molecule has 0 saturated carbocycles. The number of benzene rings is 1. The van der Waals surface area contributed by atoms with Gasteiger partial charge in [0.15, 0.2) is 11.6 Å². The number of nitrogen functional groups attached to an aromatic ring is 1. The van der Waals surface area contributed by atoms with Crippen LogP contribution in [-0.2, 0) is 0 Å². The Labute approximate surface area is 120 Å². The summed E-state index contributed by atoms with van der Waals surface area (Å²) in [6.07, 6.45) is 1.46. The van der Waals surface area contributed by atoms with Gasteiger partial charge in [-0.25, -0.2) is 15.0 Å². The second kappa shape index (κ2) is 5.85. The van der Waals surface area contributed by atoms with Crippen LogP contribution in [0.5, 0.6) is 0 Å². The molecule has 2 aromatic rings. The van der Waals surface area contributed by atoms with Crippen molar-refractivity contribution in [3.8, 4) is 0 Å². The fraction of sp³-hybridized carbons (Fsp3) is 0.167. The summed E-state index contributed by atoms with van der Waals surface area (Å²) in [6.45, 7) is 0. The summed E-state index contributed by atoms with van der Waals surface area (Å²) in [4.78, 5) is 8.26. The van der Waals surface area contributed by atoms with Gasteiger partial charge in [-0.3, -0.25) is 0 Å². The van der Waals surface area contributed by atoms with Gasteiger partial charge in [-0.05, 0) is 28.1 Å². The van der Waals surface area contributed by atoms with Crippen molar-refractivity contribution >= 4 is 38.9 Å². The van der Waals surface area contributed by atoms with Gasteiger partial charge in [0.05, 0.1) is 5.69 Å². The number of hydrogen-bond donors (Lipinski definition) is 3. The molecule has 1 aromatic carbocycles. The van der Waals surface area contributed by atoms with Crippen molar-refractivity contribution in [2.75, 3.05) is 30.6 Å². The summed E-state index contributed by atoms with van der Waals surface area (Å²) in [5, 5.41) is 4.94. The highest BCUT2D eigenvalue weighted by Gasteiger charge is 2.09. The topological polar surface area (TPSA) is 79.1 Å². The van der Waals surface area contributed by atoms with Crippen LogP contribution >= 0.6 is 15.9 Å². The van der Waals surface area contributed by atoms with E-state index in [1.165, 1.54) is 6.33 Å². The first-order valence-electron chi connectivity index (χ1n) is 5.64. The van der Waals surface area contributed by atoms with Crippen molar-refractivity contribution < 1.29 is 0 Å². The van der Waals surface area contributed by atoms with Gasteiger partial charge >= 0.3 is 0 Å². The Morgan fingerprint density at radius 3 is 2.53 bits per heavy atom. The van der Waals surface area contributed by atoms with E-state index >= 15 is 0 Å². The highest BCUT2D eigenvalue weighted by atomic mass is 79.9. The number of nitrogens with zero attached hydrogens (tertiary/aromatic N) is 3. The van der Waals surface area contributed by atoms with Gasteiger partial charge in [0.2, 0.25) is 0 Å². The molecule has 0 aliphatic heterocycles. The summed E-state index contributed by atoms with van der Waals surface area (Å²) >= 11 is 3.47. The first-order chi connectivity index (χ1) is 9.08. The number of hydrazine groups is 1. The predicted molar refractivity (Wildman–Crippen MR) is 81.2 cm³/mol. The van der Waals surface area contributed by atoms with Gasteiger partial charge in [0, 0.05) is 18.6 Å². The van der Waals surface area contributed by atoms with Gasteiger partial charge < -0.3 is 16.5 Å². The Kier molecular flexibility index (Phi) is 4.18. The number of anilines is 4. The lowest BCUT2D eigenvalue weighted by molar-refractivity contribution is 0.492. The minimum atomic E-state index is 0.465. The maximum atomic E-state index is 6.04. The number of para-hydroxylation sites is 1. The van der Waals surface area contributed by atoms with E-state index in [1.54, 1.807) is 5.01 Å². The molecule has 0 unspecified atom stereocenters. The Hall–Kier alpha value is -1.86. The number of nitrogens with one attached hydrogen (secondary N) is 2. The maximum absolute atomic E-state index is 6.04. The van der Waals surface area contributed by atoms with E-state index in [0.29, 0.717) is 17.3 Å². The third kappa shape index (κ3) is 3.33. The molecular weight excluding hydrogens is 308 g/mol. The molecule has 1 heterocycles. The van der Waals surface area contributed by atoms with Crippen molar-refractivity contribution in [2.45, 2.75) is 0 Å². The van der Waals surface area contributed by atoms with Gasteiger partial charge in [-0.1, -0.05) is 12.1 Å². The molecule has 1 aromatic heterocycles. The Morgan fingerprint density at radius 1 is 1.16 bits per heavy atom. The second-order valence-electron chi connectivity index (χ2n) is 4.10. The van der Waals surface area contributed by atoms with E-state index in [0.717, 1.165) is 10.2 Å². The molecule has 0 fully saturated rings. The fourth-order valence-electron chi connectivity index (χ4n) is 1.49. The van der Waals surface area contributed by atoms with Crippen LogP contribution in [0.3, 0.4) is 0 Å². The summed E-state index contributed by atoms with van der Waals surface area (Å²) in [6, 6.07) is 7.75. The van der Waals surface area contributed by atoms with Crippen LogP contribution in [-0.4, -0.2) is 29.1 Å². The number of rotatable bonds is 4. The molecule has 0 radical (unpaired) electrons. The quantitative estimate of drug-likeness (QED) is 0.750. The molecule has 6 nitrogen and oxygen atoms in total. The minimum Gasteiger partial charge on any atom is -0.393 e. The van der Waals surface area contributed by atoms with Crippen molar-refractivity contribution in [1.82, 2.24) is 15.0 Å². The lowest BCUT2D eigenvalue weighted by Crippen LogP contribution is -2.21. The van der Waals surface area contributed by atoms with E-state index in [2.05, 4.69) is 36.6 Å². The minimum absolute atomic E-state index is 0.465. The molecule has 2 rings (SSSR count). The predicted octanol–water partition coefficient (Wildman–Crippen LogP) is 2.45. The van der Waals surface area contributed by atoms with Crippen molar-refractivity contribution in [3.63, 3.8) is 0 Å². The van der Waals surface area contributed by atoms with E-state index < -0.39 is 0 Å². The van der Waals surface area contributed by atoms with E-state index in [4.69, 9.17) is 5.73 Å². The molecule has 19 heavy (non-hydrogen) atoms. The van der Waals surface area contributed by atoms with Crippen LogP contribution in [0, 0.1) is 0 Å². The van der Waals surface area contributed by atoms with Crippen LogP contribution < -0.4 is 16.5 Å².